The van der Waals surface area contributed by atoms with Gasteiger partial charge in [0.15, 0.2) is 0 Å². The van der Waals surface area contributed by atoms with Gasteiger partial charge in [-0.1, -0.05) is 40.2 Å². The highest BCUT2D eigenvalue weighted by Crippen LogP contribution is 2.32. The molecule has 0 saturated heterocycles. The molecule has 0 aliphatic heterocycles. The zero-order valence-electron chi connectivity index (χ0n) is 11.1. The maximum absolute atomic E-state index is 12.3. The molecule has 4 nitrogen and oxygen atoms in total. The van der Waals surface area contributed by atoms with Gasteiger partial charge in [-0.15, -0.1) is 0 Å². The smallest absolute Gasteiger partial charge is 0.255 e. The van der Waals surface area contributed by atoms with E-state index in [4.69, 9.17) is 0 Å². The maximum atomic E-state index is 12.3. The van der Waals surface area contributed by atoms with Crippen LogP contribution in [0.2, 0.25) is 0 Å². The number of hydrogen-bond donors (Lipinski definition) is 3. The number of aromatic hydroxyl groups is 1. The molecule has 0 radical (unpaired) electrons. The Morgan fingerprint density at radius 1 is 1.24 bits per heavy atom. The lowest BCUT2D eigenvalue weighted by Crippen LogP contribution is -2.33. The van der Waals surface area contributed by atoms with Crippen molar-refractivity contribution in [1.29, 1.82) is 0 Å². The Hall–Kier alpha value is -1.85. The molecule has 0 aromatic heterocycles. The highest BCUT2D eigenvalue weighted by molar-refractivity contribution is 9.10. The van der Waals surface area contributed by atoms with Crippen molar-refractivity contribution in [2.45, 2.75) is 18.6 Å². The summed E-state index contributed by atoms with van der Waals surface area (Å²) in [4.78, 5) is 12.3. The zero-order chi connectivity index (χ0) is 15.0. The highest BCUT2D eigenvalue weighted by atomic mass is 79.9. The number of carbonyl (C=O) groups excluding carboxylic acids is 1. The number of amides is 1. The fraction of sp³-hybridized carbons (Fsp3) is 0.188. The van der Waals surface area contributed by atoms with Gasteiger partial charge in [0.2, 0.25) is 0 Å². The summed E-state index contributed by atoms with van der Waals surface area (Å²) in [5, 5.41) is 22.8. The van der Waals surface area contributed by atoms with Gasteiger partial charge in [0.05, 0.1) is 17.7 Å². The Kier molecular flexibility index (Phi) is 3.69. The molecule has 108 valence electrons. The molecule has 0 fully saturated rings. The van der Waals surface area contributed by atoms with Crippen LogP contribution in [-0.2, 0) is 6.42 Å². The van der Waals surface area contributed by atoms with E-state index >= 15 is 0 Å². The minimum atomic E-state index is -0.649. The fourth-order valence-electron chi connectivity index (χ4n) is 2.66. The third-order valence-electron chi connectivity index (χ3n) is 3.69. The quantitative estimate of drug-likeness (QED) is 0.781. The number of aliphatic hydroxyl groups is 1. The van der Waals surface area contributed by atoms with Crippen molar-refractivity contribution in [1.82, 2.24) is 5.32 Å². The molecular weight excluding hydrogens is 334 g/mol. The highest BCUT2D eigenvalue weighted by Gasteiger charge is 2.32. The predicted molar refractivity (Wildman–Crippen MR) is 82.2 cm³/mol. The fourth-order valence-corrected chi connectivity index (χ4v) is 3.01. The van der Waals surface area contributed by atoms with Crippen LogP contribution in [0.1, 0.15) is 27.5 Å². The summed E-state index contributed by atoms with van der Waals surface area (Å²) < 4.78 is 0.697. The largest absolute Gasteiger partial charge is 0.507 e. The van der Waals surface area contributed by atoms with Gasteiger partial charge in [-0.05, 0) is 29.3 Å². The second-order valence-electron chi connectivity index (χ2n) is 5.08. The van der Waals surface area contributed by atoms with Crippen molar-refractivity contribution in [3.05, 3.63) is 63.6 Å². The number of halogens is 1. The standard InChI is InChI=1S/C16H14BrNO3/c17-10-5-6-12(13(19)8-10)16(21)18-15-11-4-2-1-3-9(11)7-14(15)20/h1-6,8,14-15,19-20H,7H2,(H,18,21)/t14-,15+/m0/s1. The van der Waals surface area contributed by atoms with Gasteiger partial charge in [0, 0.05) is 10.9 Å². The molecule has 1 aliphatic rings. The summed E-state index contributed by atoms with van der Waals surface area (Å²) in [6, 6.07) is 11.9. The van der Waals surface area contributed by atoms with Crippen molar-refractivity contribution in [3.8, 4) is 5.75 Å². The van der Waals surface area contributed by atoms with E-state index < -0.39 is 18.1 Å². The van der Waals surface area contributed by atoms with Crippen LogP contribution in [0.4, 0.5) is 0 Å². The van der Waals surface area contributed by atoms with Crippen LogP contribution in [0.3, 0.4) is 0 Å². The third-order valence-corrected chi connectivity index (χ3v) is 4.19. The van der Waals surface area contributed by atoms with E-state index in [1.807, 2.05) is 24.3 Å². The van der Waals surface area contributed by atoms with Crippen LogP contribution in [0.15, 0.2) is 46.9 Å². The SMILES string of the molecule is O=C(N[C@@H]1c2ccccc2C[C@@H]1O)c1ccc(Br)cc1O. The molecule has 3 N–H and O–H groups in total. The van der Waals surface area contributed by atoms with Crippen molar-refractivity contribution in [2.24, 2.45) is 0 Å². The number of benzene rings is 2. The van der Waals surface area contributed by atoms with Crippen LogP contribution >= 0.6 is 15.9 Å². The summed E-state index contributed by atoms with van der Waals surface area (Å²) >= 11 is 3.23. The molecule has 5 heteroatoms. The molecule has 0 heterocycles. The summed E-state index contributed by atoms with van der Waals surface area (Å²) in [5.41, 5.74) is 2.15. The topological polar surface area (TPSA) is 69.6 Å². The lowest BCUT2D eigenvalue weighted by Gasteiger charge is -2.18. The minimum Gasteiger partial charge on any atom is -0.507 e. The molecule has 0 bridgehead atoms. The molecule has 0 spiro atoms. The second-order valence-corrected chi connectivity index (χ2v) is 6.00. The molecule has 1 amide bonds. The van der Waals surface area contributed by atoms with Gasteiger partial charge in [-0.25, -0.2) is 0 Å². The lowest BCUT2D eigenvalue weighted by atomic mass is 10.1. The first-order valence-electron chi connectivity index (χ1n) is 6.61. The molecule has 2 atom stereocenters. The van der Waals surface area contributed by atoms with Crippen LogP contribution in [0.5, 0.6) is 5.75 Å². The molecule has 3 rings (SSSR count). The van der Waals surface area contributed by atoms with Gasteiger partial charge in [0.25, 0.3) is 5.91 Å². The number of rotatable bonds is 2. The number of phenols is 1. The van der Waals surface area contributed by atoms with Crippen LogP contribution < -0.4 is 5.32 Å². The maximum Gasteiger partial charge on any atom is 0.255 e. The Morgan fingerprint density at radius 3 is 2.76 bits per heavy atom. The van der Waals surface area contributed by atoms with Crippen LogP contribution in [0.25, 0.3) is 0 Å². The van der Waals surface area contributed by atoms with Gasteiger partial charge >= 0.3 is 0 Å². The van der Waals surface area contributed by atoms with Crippen molar-refractivity contribution < 1.29 is 15.0 Å². The Labute approximate surface area is 130 Å². The lowest BCUT2D eigenvalue weighted by molar-refractivity contribution is 0.0855. The first-order chi connectivity index (χ1) is 10.1. The van der Waals surface area contributed by atoms with E-state index in [1.54, 1.807) is 12.1 Å². The average Bonchev–Trinajstić information content (AvgIpc) is 2.75. The molecule has 2 aromatic carbocycles. The Morgan fingerprint density at radius 2 is 2.00 bits per heavy atom. The molecular formula is C16H14BrNO3. The number of nitrogens with one attached hydrogen (secondary N) is 1. The van der Waals surface area contributed by atoms with Crippen molar-refractivity contribution in [3.63, 3.8) is 0 Å². The first-order valence-corrected chi connectivity index (χ1v) is 7.41. The molecule has 2 aromatic rings. The molecule has 21 heavy (non-hydrogen) atoms. The Bertz CT molecular complexity index is 702. The number of phenolic OH excluding ortho intramolecular Hbond substituents is 1. The van der Waals surface area contributed by atoms with Gasteiger partial charge in [-0.2, -0.15) is 0 Å². The van der Waals surface area contributed by atoms with Crippen LogP contribution in [0, 0.1) is 0 Å². The molecule has 0 saturated carbocycles. The second kappa shape index (κ2) is 5.50. The normalized spacial score (nSPS) is 20.1. The summed E-state index contributed by atoms with van der Waals surface area (Å²) in [7, 11) is 0. The molecule has 1 aliphatic carbocycles. The van der Waals surface area contributed by atoms with E-state index in [0.29, 0.717) is 10.9 Å². The van der Waals surface area contributed by atoms with Gasteiger partial charge < -0.3 is 15.5 Å². The van der Waals surface area contributed by atoms with E-state index in [2.05, 4.69) is 21.2 Å². The minimum absolute atomic E-state index is 0.0948. The number of fused-ring (bicyclic) bond motifs is 1. The zero-order valence-corrected chi connectivity index (χ0v) is 12.7. The van der Waals surface area contributed by atoms with Crippen molar-refractivity contribution in [2.75, 3.05) is 0 Å². The van der Waals surface area contributed by atoms with Gasteiger partial charge in [0.1, 0.15) is 5.75 Å². The number of carbonyl (C=O) groups is 1. The average molecular weight is 348 g/mol. The van der Waals surface area contributed by atoms with Crippen molar-refractivity contribution >= 4 is 21.8 Å². The van der Waals surface area contributed by atoms with E-state index in [0.717, 1.165) is 11.1 Å². The Balaban J connectivity index is 1.85. The van der Waals surface area contributed by atoms with E-state index in [9.17, 15) is 15.0 Å². The number of hydrogen-bond acceptors (Lipinski definition) is 3. The summed E-state index contributed by atoms with van der Waals surface area (Å²) in [6.45, 7) is 0. The third kappa shape index (κ3) is 2.66. The van der Waals surface area contributed by atoms with Crippen LogP contribution in [-0.4, -0.2) is 22.2 Å². The monoisotopic (exact) mass is 347 g/mol. The number of aliphatic hydroxyl groups excluding tert-OH is 1. The van der Waals surface area contributed by atoms with Gasteiger partial charge in [-0.3, -0.25) is 4.79 Å². The van der Waals surface area contributed by atoms with E-state index in [1.165, 1.54) is 6.07 Å². The van der Waals surface area contributed by atoms with E-state index in [-0.39, 0.29) is 11.3 Å². The molecule has 0 unspecified atom stereocenters. The summed E-state index contributed by atoms with van der Waals surface area (Å²) in [5.74, 6) is -0.497. The predicted octanol–water partition coefficient (Wildman–Crippen LogP) is 2.54. The summed E-state index contributed by atoms with van der Waals surface area (Å²) in [6.07, 6.45) is -0.128. The first kappa shape index (κ1) is 14.1.